The molecular formula is C21H42O3. The molecule has 0 saturated carbocycles. The normalized spacial score (nSPS) is 13.8. The number of aliphatic carboxylic acids is 1. The lowest BCUT2D eigenvalue weighted by molar-refractivity contribution is -0.148. The summed E-state index contributed by atoms with van der Waals surface area (Å²) < 4.78 is 6.06. The van der Waals surface area contributed by atoms with Gasteiger partial charge in [-0.2, -0.15) is 0 Å². The van der Waals surface area contributed by atoms with E-state index in [0.29, 0.717) is 0 Å². The molecule has 0 saturated heterocycles. The van der Waals surface area contributed by atoms with Crippen molar-refractivity contribution in [2.75, 3.05) is 6.61 Å². The van der Waals surface area contributed by atoms with Crippen molar-refractivity contribution in [1.82, 2.24) is 0 Å². The van der Waals surface area contributed by atoms with Crippen molar-refractivity contribution >= 4 is 5.97 Å². The highest BCUT2D eigenvalue weighted by Gasteiger charge is 2.28. The maximum Gasteiger partial charge on any atom is 0.309 e. The van der Waals surface area contributed by atoms with Gasteiger partial charge in [0.25, 0.3) is 0 Å². The van der Waals surface area contributed by atoms with Gasteiger partial charge in [0.1, 0.15) is 0 Å². The second-order valence-corrected chi connectivity index (χ2v) is 7.11. The first-order chi connectivity index (χ1) is 11.7. The number of hydrogen-bond donors (Lipinski definition) is 1. The molecule has 0 spiro atoms. The van der Waals surface area contributed by atoms with Crippen molar-refractivity contribution in [1.29, 1.82) is 0 Å². The van der Waals surface area contributed by atoms with E-state index < -0.39 is 5.97 Å². The zero-order valence-corrected chi connectivity index (χ0v) is 16.5. The van der Waals surface area contributed by atoms with Gasteiger partial charge >= 0.3 is 5.97 Å². The first-order valence-corrected chi connectivity index (χ1v) is 10.5. The van der Waals surface area contributed by atoms with Crippen LogP contribution < -0.4 is 0 Å². The third-order valence-corrected chi connectivity index (χ3v) is 4.81. The lowest BCUT2D eigenvalue weighted by Crippen LogP contribution is -2.31. The van der Waals surface area contributed by atoms with Crippen LogP contribution in [-0.4, -0.2) is 23.8 Å². The zero-order chi connectivity index (χ0) is 18.0. The average Bonchev–Trinajstić information content (AvgIpc) is 2.56. The lowest BCUT2D eigenvalue weighted by Gasteiger charge is -2.25. The summed E-state index contributed by atoms with van der Waals surface area (Å²) >= 11 is 0. The summed E-state index contributed by atoms with van der Waals surface area (Å²) in [5, 5.41) is 9.66. The largest absolute Gasteiger partial charge is 0.481 e. The zero-order valence-electron chi connectivity index (χ0n) is 16.5. The van der Waals surface area contributed by atoms with E-state index in [1.165, 1.54) is 44.9 Å². The lowest BCUT2D eigenvalue weighted by atomic mass is 9.91. The minimum atomic E-state index is -0.666. The summed E-state index contributed by atoms with van der Waals surface area (Å²) in [5.41, 5.74) is 0. The van der Waals surface area contributed by atoms with Gasteiger partial charge in [0, 0.05) is 6.61 Å². The first kappa shape index (κ1) is 23.4. The Labute approximate surface area is 150 Å². The SMILES string of the molecule is CCCCCCCC(C(=O)O)C(CCCCC)OCCCCCC. The van der Waals surface area contributed by atoms with Gasteiger partial charge in [0.05, 0.1) is 12.0 Å². The summed E-state index contributed by atoms with van der Waals surface area (Å²) in [6.45, 7) is 7.31. The van der Waals surface area contributed by atoms with E-state index in [1.54, 1.807) is 0 Å². The Morgan fingerprint density at radius 1 is 0.750 bits per heavy atom. The number of carbonyl (C=O) groups is 1. The van der Waals surface area contributed by atoms with Crippen molar-refractivity contribution in [3.8, 4) is 0 Å². The second-order valence-electron chi connectivity index (χ2n) is 7.11. The minimum Gasteiger partial charge on any atom is -0.481 e. The Kier molecular flexibility index (Phi) is 16.8. The van der Waals surface area contributed by atoms with Crippen LogP contribution in [0.1, 0.15) is 111 Å². The molecular weight excluding hydrogens is 300 g/mol. The molecule has 3 nitrogen and oxygen atoms in total. The van der Waals surface area contributed by atoms with Crippen molar-refractivity contribution in [2.45, 2.75) is 117 Å². The molecule has 0 aliphatic carbocycles. The van der Waals surface area contributed by atoms with Gasteiger partial charge < -0.3 is 9.84 Å². The standard InChI is InChI=1S/C21H42O3/c1-4-7-10-12-14-16-19(21(22)23)20(17-13-9-6-3)24-18-15-11-8-5-2/h19-20H,4-18H2,1-3H3,(H,22,23). The van der Waals surface area contributed by atoms with Crippen LogP contribution in [0.4, 0.5) is 0 Å². The van der Waals surface area contributed by atoms with Crippen LogP contribution in [0.2, 0.25) is 0 Å². The van der Waals surface area contributed by atoms with Gasteiger partial charge in [0.2, 0.25) is 0 Å². The number of carboxylic acid groups (broad SMARTS) is 1. The number of ether oxygens (including phenoxy) is 1. The minimum absolute atomic E-state index is 0.0955. The van der Waals surface area contributed by atoms with Gasteiger partial charge in [-0.15, -0.1) is 0 Å². The molecule has 1 N–H and O–H groups in total. The molecule has 0 amide bonds. The van der Waals surface area contributed by atoms with E-state index in [2.05, 4.69) is 20.8 Å². The second kappa shape index (κ2) is 17.3. The third-order valence-electron chi connectivity index (χ3n) is 4.81. The highest BCUT2D eigenvalue weighted by molar-refractivity contribution is 5.70. The molecule has 2 unspecified atom stereocenters. The Morgan fingerprint density at radius 2 is 1.25 bits per heavy atom. The summed E-state index contributed by atoms with van der Waals surface area (Å²) in [6.07, 6.45) is 15.5. The molecule has 0 aliphatic rings. The molecule has 144 valence electrons. The van der Waals surface area contributed by atoms with Crippen molar-refractivity contribution < 1.29 is 14.6 Å². The van der Waals surface area contributed by atoms with Crippen LogP contribution in [0.3, 0.4) is 0 Å². The fraction of sp³-hybridized carbons (Fsp3) is 0.952. The van der Waals surface area contributed by atoms with Gasteiger partial charge in [-0.05, 0) is 19.3 Å². The fourth-order valence-electron chi connectivity index (χ4n) is 3.20. The number of carboxylic acids is 1. The Balaban J connectivity index is 4.36. The molecule has 0 aromatic carbocycles. The smallest absolute Gasteiger partial charge is 0.309 e. The average molecular weight is 343 g/mol. The molecule has 0 aromatic rings. The third kappa shape index (κ3) is 12.8. The van der Waals surface area contributed by atoms with Crippen LogP contribution in [0, 0.1) is 5.92 Å². The van der Waals surface area contributed by atoms with Crippen LogP contribution in [0.5, 0.6) is 0 Å². The van der Waals surface area contributed by atoms with Crippen molar-refractivity contribution in [2.24, 2.45) is 5.92 Å². The van der Waals surface area contributed by atoms with Crippen LogP contribution >= 0.6 is 0 Å². The van der Waals surface area contributed by atoms with Crippen LogP contribution in [-0.2, 0) is 9.53 Å². The topological polar surface area (TPSA) is 46.5 Å². The molecule has 3 heteroatoms. The molecule has 0 aliphatic heterocycles. The van der Waals surface area contributed by atoms with Crippen LogP contribution in [0.25, 0.3) is 0 Å². The van der Waals surface area contributed by atoms with Gasteiger partial charge in [0.15, 0.2) is 0 Å². The number of unbranched alkanes of at least 4 members (excludes halogenated alkanes) is 9. The molecule has 24 heavy (non-hydrogen) atoms. The van der Waals surface area contributed by atoms with E-state index in [9.17, 15) is 9.90 Å². The first-order valence-electron chi connectivity index (χ1n) is 10.5. The number of rotatable bonds is 18. The van der Waals surface area contributed by atoms with E-state index in [0.717, 1.165) is 51.6 Å². The fourth-order valence-corrected chi connectivity index (χ4v) is 3.20. The molecule has 0 heterocycles. The van der Waals surface area contributed by atoms with Crippen LogP contribution in [0.15, 0.2) is 0 Å². The van der Waals surface area contributed by atoms with Crippen molar-refractivity contribution in [3.63, 3.8) is 0 Å². The Hall–Kier alpha value is -0.570. The van der Waals surface area contributed by atoms with Crippen molar-refractivity contribution in [3.05, 3.63) is 0 Å². The highest BCUT2D eigenvalue weighted by Crippen LogP contribution is 2.23. The number of hydrogen-bond acceptors (Lipinski definition) is 2. The molecule has 0 fully saturated rings. The summed E-state index contributed by atoms with van der Waals surface area (Å²) in [5.74, 6) is -0.991. The molecule has 0 aromatic heterocycles. The van der Waals surface area contributed by atoms with E-state index in [-0.39, 0.29) is 12.0 Å². The summed E-state index contributed by atoms with van der Waals surface area (Å²) in [4.78, 5) is 11.7. The van der Waals surface area contributed by atoms with E-state index in [1.807, 2.05) is 0 Å². The maximum atomic E-state index is 11.7. The maximum absolute atomic E-state index is 11.7. The van der Waals surface area contributed by atoms with Gasteiger partial charge in [-0.1, -0.05) is 91.4 Å². The van der Waals surface area contributed by atoms with Gasteiger partial charge in [-0.25, -0.2) is 0 Å². The summed E-state index contributed by atoms with van der Waals surface area (Å²) in [6, 6.07) is 0. The molecule has 2 atom stereocenters. The highest BCUT2D eigenvalue weighted by atomic mass is 16.5. The molecule has 0 radical (unpaired) electrons. The monoisotopic (exact) mass is 342 g/mol. The van der Waals surface area contributed by atoms with E-state index >= 15 is 0 Å². The predicted molar refractivity (Wildman–Crippen MR) is 103 cm³/mol. The Bertz CT molecular complexity index is 278. The molecule has 0 rings (SSSR count). The van der Waals surface area contributed by atoms with E-state index in [4.69, 9.17) is 4.74 Å². The Morgan fingerprint density at radius 3 is 1.83 bits per heavy atom. The molecule has 0 bridgehead atoms. The quantitative estimate of drug-likeness (QED) is 0.286. The predicted octanol–water partition coefficient (Wildman–Crippen LogP) is 6.59. The summed E-state index contributed by atoms with van der Waals surface area (Å²) in [7, 11) is 0. The van der Waals surface area contributed by atoms with Gasteiger partial charge in [-0.3, -0.25) is 4.79 Å².